The van der Waals surface area contributed by atoms with E-state index in [0.717, 1.165) is 13.1 Å². The van der Waals surface area contributed by atoms with E-state index in [1.54, 1.807) is 4.90 Å². The summed E-state index contributed by atoms with van der Waals surface area (Å²) in [6.07, 6.45) is 4.99. The Kier molecular flexibility index (Phi) is 3.33. The van der Waals surface area contributed by atoms with Crippen molar-refractivity contribution in [2.24, 2.45) is 0 Å². The average Bonchev–Trinajstić information content (AvgIpc) is 3.13. The van der Waals surface area contributed by atoms with Gasteiger partial charge in [0.05, 0.1) is 11.6 Å². The molecule has 3 aliphatic rings. The molecule has 2 fully saturated rings. The Balaban J connectivity index is 1.63. The number of amides is 1. The highest BCUT2D eigenvalue weighted by Gasteiger charge is 2.44. The first-order valence-electron chi connectivity index (χ1n) is 8.11. The summed E-state index contributed by atoms with van der Waals surface area (Å²) < 4.78 is 19.6. The Labute approximate surface area is 129 Å². The van der Waals surface area contributed by atoms with Gasteiger partial charge in [0, 0.05) is 32.2 Å². The minimum absolute atomic E-state index is 0.0450. The van der Waals surface area contributed by atoms with Crippen molar-refractivity contribution in [1.29, 1.82) is 0 Å². The van der Waals surface area contributed by atoms with Gasteiger partial charge in [-0.3, -0.25) is 9.69 Å². The molecule has 0 radical (unpaired) electrons. The molecule has 1 saturated carbocycles. The van der Waals surface area contributed by atoms with E-state index in [4.69, 9.17) is 4.74 Å². The molecule has 0 bridgehead atoms. The van der Waals surface area contributed by atoms with Crippen LogP contribution >= 0.6 is 0 Å². The molecule has 118 valence electrons. The molecule has 1 saturated heterocycles. The first-order valence-corrected chi connectivity index (χ1v) is 8.11. The van der Waals surface area contributed by atoms with Crippen molar-refractivity contribution in [3.8, 4) is 5.75 Å². The topological polar surface area (TPSA) is 32.8 Å². The highest BCUT2D eigenvalue weighted by molar-refractivity contribution is 5.97. The molecule has 2 atom stereocenters. The Hall–Kier alpha value is -1.62. The molecule has 0 spiro atoms. The molecule has 1 amide bonds. The van der Waals surface area contributed by atoms with Crippen molar-refractivity contribution in [2.45, 2.75) is 43.9 Å². The first-order chi connectivity index (χ1) is 10.6. The SMILES string of the molecule is CN1C(=O)c2ccc(F)cc2OC2CN(C3CCCC3)CC21. The van der Waals surface area contributed by atoms with Gasteiger partial charge in [-0.25, -0.2) is 4.39 Å². The third-order valence-corrected chi connectivity index (χ3v) is 5.38. The van der Waals surface area contributed by atoms with Gasteiger partial charge in [0.2, 0.25) is 0 Å². The van der Waals surface area contributed by atoms with Crippen LogP contribution in [0.2, 0.25) is 0 Å². The Morgan fingerprint density at radius 2 is 2.00 bits per heavy atom. The van der Waals surface area contributed by atoms with E-state index < -0.39 is 0 Å². The lowest BCUT2D eigenvalue weighted by Gasteiger charge is -2.26. The monoisotopic (exact) mass is 304 g/mol. The van der Waals surface area contributed by atoms with Gasteiger partial charge in [-0.05, 0) is 25.0 Å². The lowest BCUT2D eigenvalue weighted by Crippen LogP contribution is -2.44. The molecule has 0 aromatic heterocycles. The molecule has 4 nitrogen and oxygen atoms in total. The predicted octanol–water partition coefficient (Wildman–Crippen LogP) is 2.29. The number of rotatable bonds is 1. The highest BCUT2D eigenvalue weighted by atomic mass is 19.1. The maximum Gasteiger partial charge on any atom is 0.257 e. The molecule has 2 unspecified atom stereocenters. The van der Waals surface area contributed by atoms with Crippen molar-refractivity contribution in [1.82, 2.24) is 9.80 Å². The second-order valence-electron chi connectivity index (χ2n) is 6.67. The van der Waals surface area contributed by atoms with Gasteiger partial charge < -0.3 is 9.64 Å². The smallest absolute Gasteiger partial charge is 0.257 e. The van der Waals surface area contributed by atoms with Crippen LogP contribution in [0.1, 0.15) is 36.0 Å². The summed E-state index contributed by atoms with van der Waals surface area (Å²) in [5.41, 5.74) is 0.464. The van der Waals surface area contributed by atoms with E-state index in [1.165, 1.54) is 43.9 Å². The van der Waals surface area contributed by atoms with E-state index in [2.05, 4.69) is 4.90 Å². The van der Waals surface area contributed by atoms with Crippen molar-refractivity contribution in [3.05, 3.63) is 29.6 Å². The van der Waals surface area contributed by atoms with Crippen LogP contribution < -0.4 is 4.74 Å². The second kappa shape index (κ2) is 5.23. The van der Waals surface area contributed by atoms with Crippen LogP contribution in [0, 0.1) is 5.82 Å². The number of likely N-dealkylation sites (tertiary alicyclic amines) is 1. The number of hydrogen-bond acceptors (Lipinski definition) is 3. The molecule has 5 heteroatoms. The Morgan fingerprint density at radius 3 is 2.77 bits per heavy atom. The molecule has 0 N–H and O–H groups in total. The number of nitrogens with zero attached hydrogens (tertiary/aromatic N) is 2. The summed E-state index contributed by atoms with van der Waals surface area (Å²) in [5, 5.41) is 0. The average molecular weight is 304 g/mol. The Morgan fingerprint density at radius 1 is 1.23 bits per heavy atom. The second-order valence-corrected chi connectivity index (χ2v) is 6.67. The number of carbonyl (C=O) groups excluding carboxylic acids is 1. The van der Waals surface area contributed by atoms with Gasteiger partial charge in [0.1, 0.15) is 17.7 Å². The normalized spacial score (nSPS) is 29.2. The van der Waals surface area contributed by atoms with Gasteiger partial charge in [-0.15, -0.1) is 0 Å². The van der Waals surface area contributed by atoms with Gasteiger partial charge in [-0.1, -0.05) is 12.8 Å². The summed E-state index contributed by atoms with van der Waals surface area (Å²) in [5.74, 6) is -0.0494. The molecular formula is C17H21FN2O2. The predicted molar refractivity (Wildman–Crippen MR) is 80.5 cm³/mol. The van der Waals surface area contributed by atoms with Gasteiger partial charge in [-0.2, -0.15) is 0 Å². The van der Waals surface area contributed by atoms with E-state index in [0.29, 0.717) is 17.4 Å². The summed E-state index contributed by atoms with van der Waals surface area (Å²) >= 11 is 0. The minimum Gasteiger partial charge on any atom is -0.486 e. The summed E-state index contributed by atoms with van der Waals surface area (Å²) in [6.45, 7) is 1.68. The number of hydrogen-bond donors (Lipinski definition) is 0. The fourth-order valence-electron chi connectivity index (χ4n) is 4.11. The molecule has 2 heterocycles. The maximum atomic E-state index is 13.5. The molecule has 1 aromatic carbocycles. The number of benzene rings is 1. The van der Waals surface area contributed by atoms with E-state index in [9.17, 15) is 9.18 Å². The third-order valence-electron chi connectivity index (χ3n) is 5.38. The van der Waals surface area contributed by atoms with Crippen molar-refractivity contribution < 1.29 is 13.9 Å². The highest BCUT2D eigenvalue weighted by Crippen LogP contribution is 2.34. The third kappa shape index (κ3) is 2.19. The molecule has 1 aromatic rings. The number of ether oxygens (including phenoxy) is 1. The fourth-order valence-corrected chi connectivity index (χ4v) is 4.11. The molecule has 4 rings (SSSR count). The van der Waals surface area contributed by atoms with Gasteiger partial charge in [0.25, 0.3) is 5.91 Å². The van der Waals surface area contributed by atoms with Crippen molar-refractivity contribution in [2.75, 3.05) is 20.1 Å². The zero-order valence-corrected chi connectivity index (χ0v) is 12.8. The van der Waals surface area contributed by atoms with E-state index >= 15 is 0 Å². The molecule has 2 aliphatic heterocycles. The molecule has 22 heavy (non-hydrogen) atoms. The number of carbonyl (C=O) groups is 1. The number of halogens is 1. The van der Waals surface area contributed by atoms with Crippen LogP contribution in [0.15, 0.2) is 18.2 Å². The molecular weight excluding hydrogens is 283 g/mol. The van der Waals surface area contributed by atoms with Crippen LogP contribution in [0.5, 0.6) is 5.75 Å². The largest absolute Gasteiger partial charge is 0.486 e. The number of fused-ring (bicyclic) bond motifs is 2. The lowest BCUT2D eigenvalue weighted by atomic mass is 10.1. The van der Waals surface area contributed by atoms with Crippen molar-refractivity contribution >= 4 is 5.91 Å². The quantitative estimate of drug-likeness (QED) is 0.798. The number of likely N-dealkylation sites (N-methyl/N-ethyl adjacent to an activating group) is 1. The van der Waals surface area contributed by atoms with Gasteiger partial charge >= 0.3 is 0 Å². The fraction of sp³-hybridized carbons (Fsp3) is 0.588. The van der Waals surface area contributed by atoms with Crippen molar-refractivity contribution in [3.63, 3.8) is 0 Å². The summed E-state index contributed by atoms with van der Waals surface area (Å²) in [4.78, 5) is 16.9. The van der Waals surface area contributed by atoms with Crippen LogP contribution in [-0.4, -0.2) is 54.0 Å². The standard InChI is InChI=1S/C17H21FN2O2/c1-19-14-9-20(12-4-2-3-5-12)10-16(14)22-15-8-11(18)6-7-13(15)17(19)21/h6-8,12,14,16H,2-5,9-10H2,1H3. The zero-order valence-electron chi connectivity index (χ0n) is 12.8. The minimum atomic E-state index is -0.363. The lowest BCUT2D eigenvalue weighted by molar-refractivity contribution is 0.0681. The Bertz CT molecular complexity index is 600. The molecule has 1 aliphatic carbocycles. The van der Waals surface area contributed by atoms with Crippen LogP contribution in [0.25, 0.3) is 0 Å². The van der Waals surface area contributed by atoms with Crippen LogP contribution in [0.3, 0.4) is 0 Å². The van der Waals surface area contributed by atoms with E-state index in [-0.39, 0.29) is 23.9 Å². The zero-order chi connectivity index (χ0) is 15.3. The maximum absolute atomic E-state index is 13.5. The van der Waals surface area contributed by atoms with E-state index in [1.807, 2.05) is 7.05 Å². The van der Waals surface area contributed by atoms with Crippen LogP contribution in [-0.2, 0) is 0 Å². The summed E-state index contributed by atoms with van der Waals surface area (Å²) in [6, 6.07) is 4.84. The van der Waals surface area contributed by atoms with Crippen LogP contribution in [0.4, 0.5) is 4.39 Å². The summed E-state index contributed by atoms with van der Waals surface area (Å²) in [7, 11) is 1.83. The first kappa shape index (κ1) is 14.0. The van der Waals surface area contributed by atoms with Gasteiger partial charge in [0.15, 0.2) is 0 Å².